The number of aromatic nitrogens is 2. The molecule has 0 radical (unpaired) electrons. The lowest BCUT2D eigenvalue weighted by Gasteiger charge is -2.13. The second-order valence-corrected chi connectivity index (χ2v) is 5.91. The smallest absolute Gasteiger partial charge is 0.319 e. The first-order valence-electron chi connectivity index (χ1n) is 8.33. The number of hydrogen-bond acceptors (Lipinski definition) is 4. The molecule has 0 aliphatic carbocycles. The highest BCUT2D eigenvalue weighted by Crippen LogP contribution is 2.19. The predicted octanol–water partition coefficient (Wildman–Crippen LogP) is 1.73. The van der Waals surface area contributed by atoms with E-state index < -0.39 is 0 Å². The minimum atomic E-state index is -0.340. The van der Waals surface area contributed by atoms with Crippen molar-refractivity contribution in [2.45, 2.75) is 20.4 Å². The maximum Gasteiger partial charge on any atom is 0.319 e. The molecule has 0 saturated carbocycles. The minimum absolute atomic E-state index is 0.199. The molecule has 2 rings (SSSR count). The molecule has 2 aromatic rings. The van der Waals surface area contributed by atoms with Crippen molar-refractivity contribution >= 4 is 17.6 Å². The fraction of sp³-hybridized carbons (Fsp3) is 0.389. The molecular formula is C18H25N5O3. The number of hydrogen-bond donors (Lipinski definition) is 3. The molecule has 0 aliphatic rings. The molecule has 1 aromatic heterocycles. The van der Waals surface area contributed by atoms with Crippen LogP contribution in [0, 0.1) is 13.8 Å². The highest BCUT2D eigenvalue weighted by Gasteiger charge is 2.13. The van der Waals surface area contributed by atoms with Gasteiger partial charge in [0.15, 0.2) is 0 Å². The van der Waals surface area contributed by atoms with E-state index in [1.54, 1.807) is 43.1 Å². The number of nitrogens with zero attached hydrogens (tertiary/aromatic N) is 2. The van der Waals surface area contributed by atoms with Crippen molar-refractivity contribution in [2.24, 2.45) is 7.05 Å². The number of anilines is 1. The van der Waals surface area contributed by atoms with Gasteiger partial charge in [0.05, 0.1) is 12.8 Å². The maximum atomic E-state index is 12.2. The molecule has 0 unspecified atom stereocenters. The fourth-order valence-electron chi connectivity index (χ4n) is 2.44. The van der Waals surface area contributed by atoms with Crippen LogP contribution < -0.4 is 16.0 Å². The molecule has 26 heavy (non-hydrogen) atoms. The summed E-state index contributed by atoms with van der Waals surface area (Å²) in [6.07, 6.45) is 1.73. The predicted molar refractivity (Wildman–Crippen MR) is 99.2 cm³/mol. The molecule has 1 aromatic carbocycles. The number of rotatable bonds is 7. The van der Waals surface area contributed by atoms with Gasteiger partial charge in [0.1, 0.15) is 0 Å². The Morgan fingerprint density at radius 3 is 2.65 bits per heavy atom. The number of ether oxygens (including phenoxy) is 1. The molecule has 0 atom stereocenters. The van der Waals surface area contributed by atoms with E-state index >= 15 is 0 Å². The van der Waals surface area contributed by atoms with E-state index in [0.29, 0.717) is 36.5 Å². The zero-order valence-electron chi connectivity index (χ0n) is 15.5. The van der Waals surface area contributed by atoms with Gasteiger partial charge in [-0.25, -0.2) is 4.79 Å². The van der Waals surface area contributed by atoms with E-state index in [1.807, 2.05) is 14.0 Å². The minimum Gasteiger partial charge on any atom is -0.383 e. The second kappa shape index (κ2) is 9.00. The molecule has 0 spiro atoms. The number of amides is 3. The summed E-state index contributed by atoms with van der Waals surface area (Å²) in [6.45, 7) is 4.99. The van der Waals surface area contributed by atoms with E-state index in [1.165, 1.54) is 0 Å². The van der Waals surface area contributed by atoms with Gasteiger partial charge in [0.2, 0.25) is 0 Å². The summed E-state index contributed by atoms with van der Waals surface area (Å²) in [6, 6.07) is 4.88. The number of carbonyl (C=O) groups is 2. The fourth-order valence-corrected chi connectivity index (χ4v) is 2.44. The lowest BCUT2D eigenvalue weighted by molar-refractivity contribution is 0.0936. The highest BCUT2D eigenvalue weighted by molar-refractivity contribution is 5.99. The molecular weight excluding hydrogens is 334 g/mol. The first-order valence-corrected chi connectivity index (χ1v) is 8.33. The molecule has 3 N–H and O–H groups in total. The summed E-state index contributed by atoms with van der Waals surface area (Å²) in [5, 5.41) is 12.5. The van der Waals surface area contributed by atoms with Crippen molar-refractivity contribution < 1.29 is 14.3 Å². The maximum absolute atomic E-state index is 12.2. The average molecular weight is 359 g/mol. The van der Waals surface area contributed by atoms with Gasteiger partial charge in [-0.05, 0) is 31.5 Å². The molecule has 0 fully saturated rings. The van der Waals surface area contributed by atoms with Gasteiger partial charge < -0.3 is 20.7 Å². The second-order valence-electron chi connectivity index (χ2n) is 5.91. The molecule has 1 heterocycles. The Kier molecular flexibility index (Phi) is 6.74. The molecule has 0 bridgehead atoms. The molecule has 140 valence electrons. The van der Waals surface area contributed by atoms with Gasteiger partial charge in [0.25, 0.3) is 5.91 Å². The molecule has 8 heteroatoms. The van der Waals surface area contributed by atoms with Crippen molar-refractivity contribution in [1.29, 1.82) is 0 Å². The monoisotopic (exact) mass is 359 g/mol. The van der Waals surface area contributed by atoms with E-state index in [4.69, 9.17) is 4.74 Å². The summed E-state index contributed by atoms with van der Waals surface area (Å²) >= 11 is 0. The highest BCUT2D eigenvalue weighted by atomic mass is 16.5. The third-order valence-electron chi connectivity index (χ3n) is 4.19. The van der Waals surface area contributed by atoms with Gasteiger partial charge in [-0.15, -0.1) is 0 Å². The standard InChI is InChI=1S/C18H25N5O3/c1-12-15(17(24)19-8-9-26-4)6-5-7-16(12)22-18(25)20-10-14-11-21-23(3)13(14)2/h5-7,11H,8-10H2,1-4H3,(H,19,24)(H2,20,22,25). The summed E-state index contributed by atoms with van der Waals surface area (Å²) in [4.78, 5) is 24.4. The number of carbonyl (C=O) groups excluding carboxylic acids is 2. The lowest BCUT2D eigenvalue weighted by Crippen LogP contribution is -2.30. The van der Waals surface area contributed by atoms with E-state index in [2.05, 4.69) is 21.0 Å². The van der Waals surface area contributed by atoms with Crippen molar-refractivity contribution in [1.82, 2.24) is 20.4 Å². The van der Waals surface area contributed by atoms with Crippen LogP contribution in [0.2, 0.25) is 0 Å². The van der Waals surface area contributed by atoms with Gasteiger partial charge in [-0.1, -0.05) is 6.07 Å². The number of methoxy groups -OCH3 is 1. The Morgan fingerprint density at radius 2 is 2.00 bits per heavy atom. The van der Waals surface area contributed by atoms with Gasteiger partial charge >= 0.3 is 6.03 Å². The Bertz CT molecular complexity index is 785. The SMILES string of the molecule is COCCNC(=O)c1cccc(NC(=O)NCc2cnn(C)c2C)c1C. The third kappa shape index (κ3) is 4.82. The summed E-state index contributed by atoms with van der Waals surface area (Å²) < 4.78 is 6.68. The third-order valence-corrected chi connectivity index (χ3v) is 4.19. The van der Waals surface area contributed by atoms with Crippen LogP contribution in [-0.4, -0.2) is 42.0 Å². The van der Waals surface area contributed by atoms with Crippen LogP contribution in [0.4, 0.5) is 10.5 Å². The number of urea groups is 1. The molecule has 8 nitrogen and oxygen atoms in total. The van der Waals surface area contributed by atoms with Crippen molar-refractivity contribution in [3.05, 3.63) is 46.8 Å². The summed E-state index contributed by atoms with van der Waals surface area (Å²) in [7, 11) is 3.43. The van der Waals surface area contributed by atoms with Gasteiger partial charge in [-0.2, -0.15) is 5.10 Å². The Balaban J connectivity index is 1.98. The molecule has 0 aliphatic heterocycles. The quantitative estimate of drug-likeness (QED) is 0.656. The Hall–Kier alpha value is -2.87. The van der Waals surface area contributed by atoms with Crippen LogP contribution in [0.3, 0.4) is 0 Å². The van der Waals surface area contributed by atoms with Gasteiger partial charge in [0, 0.05) is 49.8 Å². The van der Waals surface area contributed by atoms with Gasteiger partial charge in [-0.3, -0.25) is 9.48 Å². The molecule has 0 saturated heterocycles. The van der Waals surface area contributed by atoms with E-state index in [-0.39, 0.29) is 11.9 Å². The van der Waals surface area contributed by atoms with E-state index in [9.17, 15) is 9.59 Å². The summed E-state index contributed by atoms with van der Waals surface area (Å²) in [5.41, 5.74) is 3.75. The average Bonchev–Trinajstić information content (AvgIpc) is 2.93. The number of aryl methyl sites for hydroxylation is 1. The van der Waals surface area contributed by atoms with E-state index in [0.717, 1.165) is 11.3 Å². The lowest BCUT2D eigenvalue weighted by atomic mass is 10.1. The van der Waals surface area contributed by atoms with Crippen LogP contribution in [0.5, 0.6) is 0 Å². The number of benzene rings is 1. The Labute approximate surface area is 152 Å². The normalized spacial score (nSPS) is 10.5. The molecule has 3 amide bonds. The first kappa shape index (κ1) is 19.5. The van der Waals surface area contributed by atoms with Crippen LogP contribution in [0.15, 0.2) is 24.4 Å². The Morgan fingerprint density at radius 1 is 1.23 bits per heavy atom. The number of nitrogens with one attached hydrogen (secondary N) is 3. The van der Waals surface area contributed by atoms with Crippen LogP contribution >= 0.6 is 0 Å². The van der Waals surface area contributed by atoms with Crippen LogP contribution in [0.25, 0.3) is 0 Å². The van der Waals surface area contributed by atoms with Crippen LogP contribution in [-0.2, 0) is 18.3 Å². The summed E-state index contributed by atoms with van der Waals surface area (Å²) in [5.74, 6) is -0.199. The first-order chi connectivity index (χ1) is 12.4. The largest absolute Gasteiger partial charge is 0.383 e. The van der Waals surface area contributed by atoms with Crippen LogP contribution in [0.1, 0.15) is 27.2 Å². The zero-order valence-corrected chi connectivity index (χ0v) is 15.5. The topological polar surface area (TPSA) is 97.3 Å². The zero-order chi connectivity index (χ0) is 19.1. The van der Waals surface area contributed by atoms with Crippen molar-refractivity contribution in [3.8, 4) is 0 Å². The van der Waals surface area contributed by atoms with Crippen molar-refractivity contribution in [3.63, 3.8) is 0 Å². The van der Waals surface area contributed by atoms with Crippen molar-refractivity contribution in [2.75, 3.05) is 25.6 Å².